The van der Waals surface area contributed by atoms with E-state index in [1.54, 1.807) is 0 Å². The van der Waals surface area contributed by atoms with Crippen LogP contribution in [0.3, 0.4) is 0 Å². The Bertz CT molecular complexity index is 224. The molecule has 0 aromatic rings. The van der Waals surface area contributed by atoms with Crippen molar-refractivity contribution >= 4 is 17.5 Å². The summed E-state index contributed by atoms with van der Waals surface area (Å²) in [6, 6.07) is 0. The van der Waals surface area contributed by atoms with Crippen LogP contribution in [0.1, 0.15) is 65.2 Å². The second kappa shape index (κ2) is 7.25. The number of hydrogen-bond acceptors (Lipinski definition) is 1. The highest BCUT2D eigenvalue weighted by molar-refractivity contribution is 6.18. The van der Waals surface area contributed by atoms with Crippen molar-refractivity contribution in [2.75, 3.05) is 5.88 Å². The number of alkyl halides is 1. The minimum absolute atomic E-state index is 0.187. The molecule has 0 aromatic carbocycles. The van der Waals surface area contributed by atoms with Crippen LogP contribution in [0.15, 0.2) is 0 Å². The van der Waals surface area contributed by atoms with Gasteiger partial charge in [-0.15, -0.1) is 11.6 Å². The number of carbonyl (C=O) groups excluding carboxylic acids is 1. The summed E-state index contributed by atoms with van der Waals surface area (Å²) in [6.07, 6.45) is 8.87. The number of nitrogens with one attached hydrogen (secondary N) is 1. The molecule has 1 amide bonds. The molecule has 0 atom stereocenters. The van der Waals surface area contributed by atoms with Crippen LogP contribution >= 0.6 is 11.6 Å². The fraction of sp³-hybridized carbons (Fsp3) is 0.929. The second-order valence-corrected chi connectivity index (χ2v) is 5.64. The van der Waals surface area contributed by atoms with Crippen LogP contribution in [0, 0.1) is 5.92 Å². The summed E-state index contributed by atoms with van der Waals surface area (Å²) in [5.41, 5.74) is -0.187. The Labute approximate surface area is 110 Å². The summed E-state index contributed by atoms with van der Waals surface area (Å²) in [7, 11) is 0. The summed E-state index contributed by atoms with van der Waals surface area (Å²) in [5.74, 6) is 1.31. The third-order valence-electron chi connectivity index (χ3n) is 4.21. The van der Waals surface area contributed by atoms with Gasteiger partial charge >= 0.3 is 0 Å². The first-order chi connectivity index (χ1) is 8.15. The third-order valence-corrected chi connectivity index (χ3v) is 4.72. The van der Waals surface area contributed by atoms with Gasteiger partial charge < -0.3 is 5.32 Å². The van der Waals surface area contributed by atoms with Crippen LogP contribution in [-0.4, -0.2) is 17.3 Å². The largest absolute Gasteiger partial charge is 0.349 e. The molecule has 0 aliphatic heterocycles. The van der Waals surface area contributed by atoms with Crippen LogP contribution in [0.4, 0.5) is 0 Å². The van der Waals surface area contributed by atoms with E-state index in [0.29, 0.717) is 18.2 Å². The van der Waals surface area contributed by atoms with Gasteiger partial charge in [0.05, 0.1) is 5.54 Å². The predicted molar refractivity (Wildman–Crippen MR) is 73.4 cm³/mol. The highest BCUT2D eigenvalue weighted by Gasteiger charge is 2.28. The fourth-order valence-corrected chi connectivity index (χ4v) is 3.09. The number of amides is 1. The molecular formula is C14H26ClNO. The number of hydrogen-bond donors (Lipinski definition) is 1. The minimum atomic E-state index is -0.187. The van der Waals surface area contributed by atoms with E-state index < -0.39 is 0 Å². The maximum Gasteiger partial charge on any atom is 0.220 e. The zero-order valence-corrected chi connectivity index (χ0v) is 12.0. The van der Waals surface area contributed by atoms with Crippen molar-refractivity contribution in [2.45, 2.75) is 70.8 Å². The first kappa shape index (κ1) is 14.8. The lowest BCUT2D eigenvalue weighted by Gasteiger charge is -2.32. The summed E-state index contributed by atoms with van der Waals surface area (Å²) in [5, 5.41) is 3.16. The summed E-state index contributed by atoms with van der Waals surface area (Å²) >= 11 is 6.00. The number of halogens is 1. The van der Waals surface area contributed by atoms with Crippen molar-refractivity contribution in [1.29, 1.82) is 0 Å². The van der Waals surface area contributed by atoms with Gasteiger partial charge in [0.25, 0.3) is 0 Å². The standard InChI is InChI=1S/C14H26ClNO/c1-3-14(4-2,11-15)16-13(17)10-12-8-6-5-7-9-12/h12H,3-11H2,1-2H3,(H,16,17). The topological polar surface area (TPSA) is 29.1 Å². The van der Waals surface area contributed by atoms with E-state index in [-0.39, 0.29) is 11.4 Å². The van der Waals surface area contributed by atoms with Gasteiger partial charge in [-0.1, -0.05) is 33.1 Å². The first-order valence-electron chi connectivity index (χ1n) is 7.02. The van der Waals surface area contributed by atoms with E-state index in [2.05, 4.69) is 19.2 Å². The predicted octanol–water partition coefficient (Wildman–Crippen LogP) is 3.87. The Hall–Kier alpha value is -0.240. The molecule has 0 saturated heterocycles. The van der Waals surface area contributed by atoms with Crippen LogP contribution < -0.4 is 5.32 Å². The molecule has 0 aromatic heterocycles. The molecule has 3 heteroatoms. The molecule has 1 aliphatic carbocycles. The quantitative estimate of drug-likeness (QED) is 0.721. The molecule has 0 radical (unpaired) electrons. The van der Waals surface area contributed by atoms with Gasteiger partial charge in [-0.05, 0) is 31.6 Å². The van der Waals surface area contributed by atoms with E-state index in [4.69, 9.17) is 11.6 Å². The molecule has 1 N–H and O–H groups in total. The Kier molecular flexibility index (Phi) is 6.32. The Morgan fingerprint density at radius 2 is 1.82 bits per heavy atom. The maximum absolute atomic E-state index is 12.0. The van der Waals surface area contributed by atoms with Crippen LogP contribution in [0.5, 0.6) is 0 Å². The van der Waals surface area contributed by atoms with Crippen molar-refractivity contribution in [3.63, 3.8) is 0 Å². The van der Waals surface area contributed by atoms with Crippen LogP contribution in [-0.2, 0) is 4.79 Å². The molecule has 17 heavy (non-hydrogen) atoms. The van der Waals surface area contributed by atoms with Crippen molar-refractivity contribution in [3.05, 3.63) is 0 Å². The van der Waals surface area contributed by atoms with E-state index in [9.17, 15) is 4.79 Å². The van der Waals surface area contributed by atoms with Crippen molar-refractivity contribution in [1.82, 2.24) is 5.32 Å². The lowest BCUT2D eigenvalue weighted by atomic mass is 9.86. The van der Waals surface area contributed by atoms with Gasteiger partial charge in [-0.3, -0.25) is 4.79 Å². The zero-order valence-electron chi connectivity index (χ0n) is 11.2. The first-order valence-corrected chi connectivity index (χ1v) is 7.56. The smallest absolute Gasteiger partial charge is 0.220 e. The normalized spacial score (nSPS) is 18.1. The summed E-state index contributed by atoms with van der Waals surface area (Å²) in [4.78, 5) is 12.0. The maximum atomic E-state index is 12.0. The number of rotatable bonds is 6. The van der Waals surface area contributed by atoms with Gasteiger partial charge in [-0.2, -0.15) is 0 Å². The molecule has 1 fully saturated rings. The Balaban J connectivity index is 2.41. The minimum Gasteiger partial charge on any atom is -0.349 e. The molecule has 100 valence electrons. The Morgan fingerprint density at radius 1 is 1.24 bits per heavy atom. The molecule has 0 bridgehead atoms. The summed E-state index contributed by atoms with van der Waals surface area (Å²) < 4.78 is 0. The van der Waals surface area contributed by atoms with Crippen molar-refractivity contribution < 1.29 is 4.79 Å². The zero-order chi connectivity index (χ0) is 12.7. The van der Waals surface area contributed by atoms with E-state index >= 15 is 0 Å². The molecule has 0 heterocycles. The number of carbonyl (C=O) groups is 1. The van der Waals surface area contributed by atoms with Crippen molar-refractivity contribution in [3.8, 4) is 0 Å². The highest BCUT2D eigenvalue weighted by atomic mass is 35.5. The van der Waals surface area contributed by atoms with Crippen LogP contribution in [0.25, 0.3) is 0 Å². The summed E-state index contributed by atoms with van der Waals surface area (Å²) in [6.45, 7) is 4.18. The van der Waals surface area contributed by atoms with Crippen LogP contribution in [0.2, 0.25) is 0 Å². The van der Waals surface area contributed by atoms with Gasteiger partial charge in [0, 0.05) is 12.3 Å². The van der Waals surface area contributed by atoms with E-state index in [1.165, 1.54) is 32.1 Å². The molecule has 1 aliphatic rings. The van der Waals surface area contributed by atoms with Gasteiger partial charge in [0.15, 0.2) is 0 Å². The SMILES string of the molecule is CCC(CC)(CCl)NC(=O)CC1CCCCC1. The fourth-order valence-electron chi connectivity index (χ4n) is 2.65. The molecule has 0 unspecified atom stereocenters. The van der Waals surface area contributed by atoms with Crippen molar-refractivity contribution in [2.24, 2.45) is 5.92 Å². The lowest BCUT2D eigenvalue weighted by Crippen LogP contribution is -2.49. The van der Waals surface area contributed by atoms with E-state index in [0.717, 1.165) is 12.8 Å². The molecule has 1 rings (SSSR count). The lowest BCUT2D eigenvalue weighted by molar-refractivity contribution is -0.124. The second-order valence-electron chi connectivity index (χ2n) is 5.38. The Morgan fingerprint density at radius 3 is 2.29 bits per heavy atom. The molecular weight excluding hydrogens is 234 g/mol. The third kappa shape index (κ3) is 4.50. The van der Waals surface area contributed by atoms with Gasteiger partial charge in [-0.25, -0.2) is 0 Å². The molecule has 0 spiro atoms. The molecule has 1 saturated carbocycles. The van der Waals surface area contributed by atoms with Gasteiger partial charge in [0.2, 0.25) is 5.91 Å². The monoisotopic (exact) mass is 259 g/mol. The van der Waals surface area contributed by atoms with E-state index in [1.807, 2.05) is 0 Å². The highest BCUT2D eigenvalue weighted by Crippen LogP contribution is 2.27. The molecule has 2 nitrogen and oxygen atoms in total. The average Bonchev–Trinajstić information content (AvgIpc) is 2.37. The average molecular weight is 260 g/mol. The van der Waals surface area contributed by atoms with Gasteiger partial charge in [0.1, 0.15) is 0 Å².